The van der Waals surface area contributed by atoms with Gasteiger partial charge in [-0.25, -0.2) is 4.98 Å². The molecule has 0 aromatic carbocycles. The van der Waals surface area contributed by atoms with E-state index in [2.05, 4.69) is 22.2 Å². The zero-order valence-electron chi connectivity index (χ0n) is 11.2. The van der Waals surface area contributed by atoms with Crippen LogP contribution in [0.2, 0.25) is 0 Å². The first-order valence-electron chi connectivity index (χ1n) is 6.60. The molecule has 0 saturated carbocycles. The van der Waals surface area contributed by atoms with Gasteiger partial charge in [0, 0.05) is 45.0 Å². The minimum absolute atomic E-state index is 0.193. The summed E-state index contributed by atoms with van der Waals surface area (Å²) in [5.74, 6) is 0.193. The van der Waals surface area contributed by atoms with Crippen LogP contribution in [0.25, 0.3) is 0 Å². The zero-order chi connectivity index (χ0) is 13.0. The van der Waals surface area contributed by atoms with Crippen molar-refractivity contribution in [2.24, 2.45) is 0 Å². The van der Waals surface area contributed by atoms with Crippen LogP contribution < -0.4 is 0 Å². The second-order valence-electron chi connectivity index (χ2n) is 4.72. The number of carbonyl (C=O) groups is 1. The van der Waals surface area contributed by atoms with Crippen LogP contribution in [0.1, 0.15) is 31.0 Å². The average Bonchev–Trinajstić information content (AvgIpc) is 2.66. The molecule has 0 aliphatic carbocycles. The number of rotatable bonds is 3. The zero-order valence-corrected chi connectivity index (χ0v) is 12.0. The SMILES string of the molecule is CCc1nc(CN2CCCN(C(C)=O)CC2)cs1. The van der Waals surface area contributed by atoms with Crippen LogP contribution in [0.15, 0.2) is 5.38 Å². The molecule has 0 bridgehead atoms. The van der Waals surface area contributed by atoms with Gasteiger partial charge in [-0.15, -0.1) is 11.3 Å². The van der Waals surface area contributed by atoms with E-state index in [1.54, 1.807) is 18.3 Å². The molecule has 5 heteroatoms. The van der Waals surface area contributed by atoms with Gasteiger partial charge in [0.15, 0.2) is 0 Å². The van der Waals surface area contributed by atoms with E-state index in [9.17, 15) is 4.79 Å². The number of thiazole rings is 1. The molecule has 2 rings (SSSR count). The van der Waals surface area contributed by atoms with E-state index in [1.807, 2.05) is 4.90 Å². The minimum Gasteiger partial charge on any atom is -0.342 e. The highest BCUT2D eigenvalue weighted by molar-refractivity contribution is 7.09. The van der Waals surface area contributed by atoms with E-state index in [0.717, 1.165) is 45.6 Å². The molecule has 1 aliphatic heterocycles. The van der Waals surface area contributed by atoms with Gasteiger partial charge in [0.2, 0.25) is 5.91 Å². The molecule has 0 spiro atoms. The van der Waals surface area contributed by atoms with E-state index < -0.39 is 0 Å². The highest BCUT2D eigenvalue weighted by atomic mass is 32.1. The van der Waals surface area contributed by atoms with Crippen molar-refractivity contribution < 1.29 is 4.79 Å². The molecule has 4 nitrogen and oxygen atoms in total. The third-order valence-electron chi connectivity index (χ3n) is 3.32. The fraction of sp³-hybridized carbons (Fsp3) is 0.692. The fourth-order valence-corrected chi connectivity index (χ4v) is 2.99. The Labute approximate surface area is 113 Å². The normalized spacial score (nSPS) is 17.8. The first kappa shape index (κ1) is 13.5. The lowest BCUT2D eigenvalue weighted by Crippen LogP contribution is -2.33. The van der Waals surface area contributed by atoms with Gasteiger partial charge in [-0.2, -0.15) is 0 Å². The van der Waals surface area contributed by atoms with Crippen molar-refractivity contribution >= 4 is 17.2 Å². The minimum atomic E-state index is 0.193. The number of carbonyl (C=O) groups excluding carboxylic acids is 1. The monoisotopic (exact) mass is 267 g/mol. The van der Waals surface area contributed by atoms with Crippen molar-refractivity contribution in [2.75, 3.05) is 26.2 Å². The number of aromatic nitrogens is 1. The Balaban J connectivity index is 1.88. The summed E-state index contributed by atoms with van der Waals surface area (Å²) < 4.78 is 0. The fourth-order valence-electron chi connectivity index (χ4n) is 2.26. The maximum absolute atomic E-state index is 11.4. The van der Waals surface area contributed by atoms with Gasteiger partial charge in [-0.05, 0) is 12.8 Å². The Morgan fingerprint density at radius 1 is 1.39 bits per heavy atom. The van der Waals surface area contributed by atoms with Crippen LogP contribution in [-0.2, 0) is 17.8 Å². The molecule has 1 amide bonds. The summed E-state index contributed by atoms with van der Waals surface area (Å²) in [5.41, 5.74) is 1.17. The summed E-state index contributed by atoms with van der Waals surface area (Å²) in [5, 5.41) is 3.37. The van der Waals surface area contributed by atoms with Crippen molar-refractivity contribution in [1.29, 1.82) is 0 Å². The van der Waals surface area contributed by atoms with Gasteiger partial charge in [0.25, 0.3) is 0 Å². The van der Waals surface area contributed by atoms with Crippen LogP contribution in [0.5, 0.6) is 0 Å². The van der Waals surface area contributed by atoms with Gasteiger partial charge in [0.1, 0.15) is 0 Å². The van der Waals surface area contributed by atoms with Crippen molar-refractivity contribution in [2.45, 2.75) is 33.2 Å². The van der Waals surface area contributed by atoms with Gasteiger partial charge in [-0.1, -0.05) is 6.92 Å². The number of amides is 1. The largest absolute Gasteiger partial charge is 0.342 e. The molecule has 1 aromatic heterocycles. The third kappa shape index (κ3) is 3.53. The number of hydrogen-bond acceptors (Lipinski definition) is 4. The molecular formula is C13H21N3OS. The molecule has 1 saturated heterocycles. The van der Waals surface area contributed by atoms with Crippen LogP contribution in [-0.4, -0.2) is 46.9 Å². The highest BCUT2D eigenvalue weighted by Gasteiger charge is 2.17. The number of nitrogens with zero attached hydrogens (tertiary/aromatic N) is 3. The Hall–Kier alpha value is -0.940. The van der Waals surface area contributed by atoms with Crippen molar-refractivity contribution in [3.63, 3.8) is 0 Å². The van der Waals surface area contributed by atoms with Gasteiger partial charge >= 0.3 is 0 Å². The van der Waals surface area contributed by atoms with E-state index in [4.69, 9.17) is 0 Å². The predicted molar refractivity (Wildman–Crippen MR) is 73.6 cm³/mol. The van der Waals surface area contributed by atoms with Crippen LogP contribution >= 0.6 is 11.3 Å². The van der Waals surface area contributed by atoms with E-state index in [-0.39, 0.29) is 5.91 Å². The Kier molecular flexibility index (Phi) is 4.72. The second-order valence-corrected chi connectivity index (χ2v) is 5.66. The first-order chi connectivity index (χ1) is 8.69. The molecule has 0 unspecified atom stereocenters. The number of hydrogen-bond donors (Lipinski definition) is 0. The maximum atomic E-state index is 11.4. The highest BCUT2D eigenvalue weighted by Crippen LogP contribution is 2.13. The number of aryl methyl sites for hydroxylation is 1. The Morgan fingerprint density at radius 3 is 2.89 bits per heavy atom. The molecule has 0 atom stereocenters. The molecular weight excluding hydrogens is 246 g/mol. The standard InChI is InChI=1S/C13H21N3OS/c1-3-13-14-12(10-18-13)9-15-5-4-6-16(8-7-15)11(2)17/h10H,3-9H2,1-2H3. The Bertz CT molecular complexity index is 405. The molecule has 2 heterocycles. The van der Waals surface area contributed by atoms with Crippen molar-refractivity contribution in [3.05, 3.63) is 16.1 Å². The van der Waals surface area contributed by atoms with Crippen LogP contribution in [0, 0.1) is 0 Å². The summed E-state index contributed by atoms with van der Waals surface area (Å²) >= 11 is 1.75. The first-order valence-corrected chi connectivity index (χ1v) is 7.48. The third-order valence-corrected chi connectivity index (χ3v) is 4.36. The summed E-state index contributed by atoms with van der Waals surface area (Å²) in [6.45, 7) is 8.47. The summed E-state index contributed by atoms with van der Waals surface area (Å²) in [4.78, 5) is 20.3. The lowest BCUT2D eigenvalue weighted by atomic mass is 10.3. The smallest absolute Gasteiger partial charge is 0.219 e. The molecule has 0 radical (unpaired) electrons. The molecule has 0 N–H and O–H groups in total. The quantitative estimate of drug-likeness (QED) is 0.837. The Morgan fingerprint density at radius 2 is 2.22 bits per heavy atom. The summed E-state index contributed by atoms with van der Waals surface area (Å²) in [6, 6.07) is 0. The van der Waals surface area contributed by atoms with E-state index in [1.165, 1.54) is 10.7 Å². The van der Waals surface area contributed by atoms with Crippen LogP contribution in [0.4, 0.5) is 0 Å². The van der Waals surface area contributed by atoms with Crippen molar-refractivity contribution in [3.8, 4) is 0 Å². The average molecular weight is 267 g/mol. The molecule has 1 aromatic rings. The van der Waals surface area contributed by atoms with E-state index >= 15 is 0 Å². The van der Waals surface area contributed by atoms with Gasteiger partial charge in [0.05, 0.1) is 10.7 Å². The van der Waals surface area contributed by atoms with Gasteiger partial charge in [-0.3, -0.25) is 9.69 Å². The lowest BCUT2D eigenvalue weighted by molar-refractivity contribution is -0.128. The maximum Gasteiger partial charge on any atom is 0.219 e. The molecule has 100 valence electrons. The molecule has 18 heavy (non-hydrogen) atoms. The van der Waals surface area contributed by atoms with E-state index in [0.29, 0.717) is 0 Å². The lowest BCUT2D eigenvalue weighted by Gasteiger charge is -2.20. The molecule has 1 aliphatic rings. The summed E-state index contributed by atoms with van der Waals surface area (Å²) in [6.07, 6.45) is 2.08. The van der Waals surface area contributed by atoms with Crippen LogP contribution in [0.3, 0.4) is 0 Å². The summed E-state index contributed by atoms with van der Waals surface area (Å²) in [7, 11) is 0. The molecule has 1 fully saturated rings. The predicted octanol–water partition coefficient (Wildman–Crippen LogP) is 1.76. The topological polar surface area (TPSA) is 36.4 Å². The van der Waals surface area contributed by atoms with Gasteiger partial charge < -0.3 is 4.90 Å². The van der Waals surface area contributed by atoms with Crippen molar-refractivity contribution in [1.82, 2.24) is 14.8 Å². The second kappa shape index (κ2) is 6.29.